The summed E-state index contributed by atoms with van der Waals surface area (Å²) in [6, 6.07) is 10.4. The highest BCUT2D eigenvalue weighted by Gasteiger charge is 2.03. The number of anilines is 1. The zero-order valence-corrected chi connectivity index (χ0v) is 12.3. The van der Waals surface area contributed by atoms with Gasteiger partial charge in [0.25, 0.3) is 0 Å². The number of ether oxygens (including phenoxy) is 1. The lowest BCUT2D eigenvalue weighted by molar-refractivity contribution is 0.340. The van der Waals surface area contributed by atoms with Crippen molar-refractivity contribution < 1.29 is 9.13 Å². The molecule has 0 spiro atoms. The normalized spacial score (nSPS) is 10.4. The lowest BCUT2D eigenvalue weighted by Crippen LogP contribution is -2.02. The van der Waals surface area contributed by atoms with E-state index in [1.807, 2.05) is 32.0 Å². The van der Waals surface area contributed by atoms with Crippen molar-refractivity contribution in [2.24, 2.45) is 0 Å². The van der Waals surface area contributed by atoms with Crippen molar-refractivity contribution in [2.45, 2.75) is 20.4 Å². The molecule has 4 heteroatoms. The van der Waals surface area contributed by atoms with Crippen LogP contribution < -0.4 is 10.1 Å². The fourth-order valence-corrected chi connectivity index (χ4v) is 2.25. The summed E-state index contributed by atoms with van der Waals surface area (Å²) in [4.78, 5) is 0. The van der Waals surface area contributed by atoms with E-state index in [1.54, 1.807) is 6.07 Å². The van der Waals surface area contributed by atoms with Gasteiger partial charge in [0.05, 0.1) is 6.61 Å². The summed E-state index contributed by atoms with van der Waals surface area (Å²) in [5.41, 5.74) is 2.88. The van der Waals surface area contributed by atoms with Gasteiger partial charge in [0.15, 0.2) is 0 Å². The highest BCUT2D eigenvalue weighted by molar-refractivity contribution is 6.30. The number of benzene rings is 2. The van der Waals surface area contributed by atoms with Crippen LogP contribution in [0.4, 0.5) is 10.1 Å². The maximum absolute atomic E-state index is 13.2. The van der Waals surface area contributed by atoms with Gasteiger partial charge < -0.3 is 10.1 Å². The van der Waals surface area contributed by atoms with Gasteiger partial charge in [-0.05, 0) is 61.4 Å². The molecule has 1 N–H and O–H groups in total. The average Bonchev–Trinajstić information content (AvgIpc) is 2.37. The van der Waals surface area contributed by atoms with E-state index in [4.69, 9.17) is 16.3 Å². The first kappa shape index (κ1) is 14.7. The SMILES string of the molecule is CCOc1ccc(NCc2cc(F)cc(Cl)c2)c(C)c1. The number of rotatable bonds is 5. The first-order valence-electron chi connectivity index (χ1n) is 6.51. The maximum Gasteiger partial charge on any atom is 0.125 e. The predicted octanol–water partition coefficient (Wildman–Crippen LogP) is 4.80. The van der Waals surface area contributed by atoms with Gasteiger partial charge in [0, 0.05) is 17.3 Å². The minimum atomic E-state index is -0.322. The summed E-state index contributed by atoms with van der Waals surface area (Å²) >= 11 is 5.83. The standard InChI is InChI=1S/C16H17ClFNO/c1-3-20-15-4-5-16(11(2)6-15)19-10-12-7-13(17)9-14(18)8-12/h4-9,19H,3,10H2,1-2H3. The molecular formula is C16H17ClFNO. The fourth-order valence-electron chi connectivity index (χ4n) is 2.00. The van der Waals surface area contributed by atoms with Crippen LogP contribution in [0.15, 0.2) is 36.4 Å². The quantitative estimate of drug-likeness (QED) is 0.855. The summed E-state index contributed by atoms with van der Waals surface area (Å²) in [5.74, 6) is 0.530. The Labute approximate surface area is 123 Å². The Bertz CT molecular complexity index is 581. The molecule has 0 saturated carbocycles. The minimum absolute atomic E-state index is 0.322. The maximum atomic E-state index is 13.2. The number of halogens is 2. The molecule has 0 saturated heterocycles. The van der Waals surface area contributed by atoms with E-state index in [9.17, 15) is 4.39 Å². The van der Waals surface area contributed by atoms with Gasteiger partial charge in [0.2, 0.25) is 0 Å². The van der Waals surface area contributed by atoms with Gasteiger partial charge in [-0.1, -0.05) is 11.6 Å². The Balaban J connectivity index is 2.06. The van der Waals surface area contributed by atoms with E-state index >= 15 is 0 Å². The first-order valence-corrected chi connectivity index (χ1v) is 6.88. The second kappa shape index (κ2) is 6.62. The number of aryl methyl sites for hydroxylation is 1. The van der Waals surface area contributed by atoms with Crippen molar-refractivity contribution >= 4 is 17.3 Å². The lowest BCUT2D eigenvalue weighted by atomic mass is 10.1. The molecule has 0 fully saturated rings. The Kier molecular flexibility index (Phi) is 4.85. The Morgan fingerprint density at radius 1 is 1.20 bits per heavy atom. The topological polar surface area (TPSA) is 21.3 Å². The minimum Gasteiger partial charge on any atom is -0.494 e. The molecule has 2 rings (SSSR count). The fraction of sp³-hybridized carbons (Fsp3) is 0.250. The second-order valence-corrected chi connectivity index (χ2v) is 4.98. The summed E-state index contributed by atoms with van der Waals surface area (Å²) in [6.45, 7) is 5.12. The monoisotopic (exact) mass is 293 g/mol. The molecule has 2 aromatic rings. The van der Waals surface area contributed by atoms with E-state index in [0.717, 1.165) is 22.6 Å². The lowest BCUT2D eigenvalue weighted by Gasteiger charge is -2.12. The first-order chi connectivity index (χ1) is 9.58. The van der Waals surface area contributed by atoms with Gasteiger partial charge in [-0.3, -0.25) is 0 Å². The van der Waals surface area contributed by atoms with Gasteiger partial charge in [0.1, 0.15) is 11.6 Å². The highest BCUT2D eigenvalue weighted by atomic mass is 35.5. The molecule has 0 heterocycles. The van der Waals surface area contributed by atoms with Crippen LogP contribution in [0.5, 0.6) is 5.75 Å². The smallest absolute Gasteiger partial charge is 0.125 e. The van der Waals surface area contributed by atoms with Crippen molar-refractivity contribution in [2.75, 3.05) is 11.9 Å². The van der Waals surface area contributed by atoms with Crippen molar-refractivity contribution in [1.29, 1.82) is 0 Å². The molecule has 20 heavy (non-hydrogen) atoms. The van der Waals surface area contributed by atoms with Crippen LogP contribution in [0.1, 0.15) is 18.1 Å². The van der Waals surface area contributed by atoms with Crippen molar-refractivity contribution in [3.05, 3.63) is 58.4 Å². The Hall–Kier alpha value is -1.74. The average molecular weight is 294 g/mol. The van der Waals surface area contributed by atoms with Crippen molar-refractivity contribution in [3.8, 4) is 5.75 Å². The number of nitrogens with one attached hydrogen (secondary N) is 1. The van der Waals surface area contributed by atoms with E-state index in [0.29, 0.717) is 18.2 Å². The van der Waals surface area contributed by atoms with Gasteiger partial charge in [-0.25, -0.2) is 4.39 Å². The molecular weight excluding hydrogens is 277 g/mol. The molecule has 0 radical (unpaired) electrons. The molecule has 0 bridgehead atoms. The van der Waals surface area contributed by atoms with Gasteiger partial charge in [-0.2, -0.15) is 0 Å². The van der Waals surface area contributed by atoms with Crippen LogP contribution in [0.2, 0.25) is 5.02 Å². The summed E-state index contributed by atoms with van der Waals surface area (Å²) in [7, 11) is 0. The molecule has 2 aromatic carbocycles. The largest absolute Gasteiger partial charge is 0.494 e. The van der Waals surface area contributed by atoms with Crippen LogP contribution in [0.3, 0.4) is 0 Å². The number of hydrogen-bond acceptors (Lipinski definition) is 2. The van der Waals surface area contributed by atoms with E-state index in [2.05, 4.69) is 5.32 Å². The molecule has 0 atom stereocenters. The third kappa shape index (κ3) is 3.87. The molecule has 0 aliphatic heterocycles. The third-order valence-electron chi connectivity index (χ3n) is 2.91. The number of hydrogen-bond donors (Lipinski definition) is 1. The molecule has 0 aliphatic carbocycles. The van der Waals surface area contributed by atoms with Gasteiger partial charge in [-0.15, -0.1) is 0 Å². The zero-order chi connectivity index (χ0) is 14.5. The second-order valence-electron chi connectivity index (χ2n) is 4.54. The molecule has 0 aliphatic rings. The van der Waals surface area contributed by atoms with E-state index < -0.39 is 0 Å². The predicted molar refractivity (Wildman–Crippen MR) is 81.1 cm³/mol. The molecule has 2 nitrogen and oxygen atoms in total. The summed E-state index contributed by atoms with van der Waals surface area (Å²) in [6.07, 6.45) is 0. The molecule has 106 valence electrons. The van der Waals surface area contributed by atoms with Crippen LogP contribution in [-0.4, -0.2) is 6.61 Å². The Morgan fingerprint density at radius 3 is 2.65 bits per heavy atom. The Morgan fingerprint density at radius 2 is 2.00 bits per heavy atom. The summed E-state index contributed by atoms with van der Waals surface area (Å²) < 4.78 is 18.7. The van der Waals surface area contributed by atoms with E-state index in [1.165, 1.54) is 12.1 Å². The molecule has 0 unspecified atom stereocenters. The highest BCUT2D eigenvalue weighted by Crippen LogP contribution is 2.22. The van der Waals surface area contributed by atoms with Crippen LogP contribution in [-0.2, 0) is 6.54 Å². The summed E-state index contributed by atoms with van der Waals surface area (Å²) in [5, 5.41) is 3.68. The van der Waals surface area contributed by atoms with Crippen LogP contribution >= 0.6 is 11.6 Å². The van der Waals surface area contributed by atoms with Crippen LogP contribution in [0, 0.1) is 12.7 Å². The third-order valence-corrected chi connectivity index (χ3v) is 3.13. The molecule has 0 aromatic heterocycles. The van der Waals surface area contributed by atoms with Crippen LogP contribution in [0.25, 0.3) is 0 Å². The van der Waals surface area contributed by atoms with Crippen molar-refractivity contribution in [1.82, 2.24) is 0 Å². The van der Waals surface area contributed by atoms with Gasteiger partial charge >= 0.3 is 0 Å². The zero-order valence-electron chi connectivity index (χ0n) is 11.5. The molecule has 0 amide bonds. The van der Waals surface area contributed by atoms with Crippen molar-refractivity contribution in [3.63, 3.8) is 0 Å². The van der Waals surface area contributed by atoms with E-state index in [-0.39, 0.29) is 5.82 Å².